The first-order valence-electron chi connectivity index (χ1n) is 6.45. The maximum atomic E-state index is 2.42. The van der Waals surface area contributed by atoms with Gasteiger partial charge in [0.25, 0.3) is 0 Å². The zero-order chi connectivity index (χ0) is 11.1. The summed E-state index contributed by atoms with van der Waals surface area (Å²) >= 11 is 0. The van der Waals surface area contributed by atoms with E-state index < -0.39 is 0 Å². The lowest BCUT2D eigenvalue weighted by Crippen LogP contribution is -2.09. The Labute approximate surface area is 91.5 Å². The summed E-state index contributed by atoms with van der Waals surface area (Å²) in [5.74, 6) is 3.60. The van der Waals surface area contributed by atoms with Crippen molar-refractivity contribution in [1.82, 2.24) is 0 Å². The van der Waals surface area contributed by atoms with Crippen LogP contribution in [-0.4, -0.2) is 0 Å². The molecule has 0 heterocycles. The molecule has 0 aliphatic rings. The van der Waals surface area contributed by atoms with E-state index in [9.17, 15) is 0 Å². The highest BCUT2D eigenvalue weighted by Gasteiger charge is 2.12. The van der Waals surface area contributed by atoms with Gasteiger partial charge in [-0.15, -0.1) is 0 Å². The van der Waals surface area contributed by atoms with Crippen molar-refractivity contribution in [2.45, 2.75) is 67.2 Å². The minimum atomic E-state index is 0.862. The fourth-order valence-electron chi connectivity index (χ4n) is 2.54. The van der Waals surface area contributed by atoms with Crippen molar-refractivity contribution in [3.63, 3.8) is 0 Å². The molecule has 0 saturated carbocycles. The molecule has 0 aliphatic heterocycles. The van der Waals surface area contributed by atoms with E-state index >= 15 is 0 Å². The van der Waals surface area contributed by atoms with E-state index in [0.29, 0.717) is 0 Å². The summed E-state index contributed by atoms with van der Waals surface area (Å²) in [4.78, 5) is 0. The van der Waals surface area contributed by atoms with Crippen LogP contribution in [0.2, 0.25) is 0 Å². The molecule has 0 bridgehead atoms. The highest BCUT2D eigenvalue weighted by Crippen LogP contribution is 2.24. The lowest BCUT2D eigenvalue weighted by molar-refractivity contribution is 0.310. The summed E-state index contributed by atoms with van der Waals surface area (Å²) in [5.41, 5.74) is 0. The predicted molar refractivity (Wildman–Crippen MR) is 66.5 cm³/mol. The Morgan fingerprint density at radius 3 is 1.50 bits per heavy atom. The maximum absolute atomic E-state index is 2.42. The first-order valence-corrected chi connectivity index (χ1v) is 6.45. The molecule has 14 heavy (non-hydrogen) atoms. The van der Waals surface area contributed by atoms with Gasteiger partial charge in [-0.05, 0) is 42.9 Å². The van der Waals surface area contributed by atoms with Crippen molar-refractivity contribution in [3.05, 3.63) is 0 Å². The normalized spacial score (nSPS) is 18.2. The van der Waals surface area contributed by atoms with Gasteiger partial charge in [-0.3, -0.25) is 0 Å². The molecule has 0 heteroatoms. The van der Waals surface area contributed by atoms with Crippen LogP contribution in [0.1, 0.15) is 67.2 Å². The van der Waals surface area contributed by atoms with Gasteiger partial charge >= 0.3 is 0 Å². The third kappa shape index (κ3) is 7.41. The monoisotopic (exact) mass is 198 g/mol. The number of rotatable bonds is 7. The SMILES string of the molecule is CC[C@H](C)C[C@H](C)CC(C)CC(C)C. The van der Waals surface area contributed by atoms with Crippen LogP contribution in [0, 0.1) is 23.7 Å². The van der Waals surface area contributed by atoms with E-state index in [1.54, 1.807) is 0 Å². The molecule has 3 atom stereocenters. The first kappa shape index (κ1) is 14.0. The van der Waals surface area contributed by atoms with Gasteiger partial charge in [0.05, 0.1) is 0 Å². The first-order chi connectivity index (χ1) is 6.45. The van der Waals surface area contributed by atoms with Crippen LogP contribution in [0.5, 0.6) is 0 Å². The Kier molecular flexibility index (Phi) is 7.31. The molecular weight excluding hydrogens is 168 g/mol. The second kappa shape index (κ2) is 7.31. The summed E-state index contributed by atoms with van der Waals surface area (Å²) < 4.78 is 0. The Balaban J connectivity index is 3.65. The average molecular weight is 198 g/mol. The molecule has 0 aliphatic carbocycles. The van der Waals surface area contributed by atoms with Gasteiger partial charge in [-0.2, -0.15) is 0 Å². The van der Waals surface area contributed by atoms with Crippen molar-refractivity contribution in [3.8, 4) is 0 Å². The summed E-state index contributed by atoms with van der Waals surface area (Å²) in [7, 11) is 0. The van der Waals surface area contributed by atoms with Crippen LogP contribution in [0.25, 0.3) is 0 Å². The third-order valence-electron chi connectivity index (χ3n) is 3.18. The van der Waals surface area contributed by atoms with Gasteiger partial charge in [-0.25, -0.2) is 0 Å². The quantitative estimate of drug-likeness (QED) is 0.532. The fraction of sp³-hybridized carbons (Fsp3) is 1.00. The topological polar surface area (TPSA) is 0 Å². The van der Waals surface area contributed by atoms with Crippen LogP contribution in [0.3, 0.4) is 0 Å². The molecule has 0 aromatic carbocycles. The Bertz CT molecular complexity index is 126. The summed E-state index contributed by atoms with van der Waals surface area (Å²) in [6, 6.07) is 0. The van der Waals surface area contributed by atoms with Gasteiger partial charge in [-0.1, -0.05) is 48.0 Å². The van der Waals surface area contributed by atoms with E-state index in [4.69, 9.17) is 0 Å². The molecule has 0 amide bonds. The van der Waals surface area contributed by atoms with Gasteiger partial charge in [0.2, 0.25) is 0 Å². The highest BCUT2D eigenvalue weighted by atomic mass is 14.2. The molecule has 0 spiro atoms. The second-order valence-electron chi connectivity index (χ2n) is 5.82. The standard InChI is InChI=1S/C14H30/c1-7-12(4)9-14(6)10-13(5)8-11(2)3/h11-14H,7-10H2,1-6H3/t12-,13?,14-/m0/s1. The van der Waals surface area contributed by atoms with E-state index in [-0.39, 0.29) is 0 Å². The summed E-state index contributed by atoms with van der Waals surface area (Å²) in [5, 5.41) is 0. The van der Waals surface area contributed by atoms with Crippen molar-refractivity contribution >= 4 is 0 Å². The molecule has 0 aromatic rings. The van der Waals surface area contributed by atoms with Crippen molar-refractivity contribution in [2.75, 3.05) is 0 Å². The molecule has 0 N–H and O–H groups in total. The van der Waals surface area contributed by atoms with Gasteiger partial charge in [0.15, 0.2) is 0 Å². The molecule has 0 aromatic heterocycles. The van der Waals surface area contributed by atoms with Gasteiger partial charge in [0.1, 0.15) is 0 Å². The zero-order valence-electron chi connectivity index (χ0n) is 11.1. The smallest absolute Gasteiger partial charge is 0.0438 e. The van der Waals surface area contributed by atoms with Gasteiger partial charge in [0, 0.05) is 0 Å². The number of hydrogen-bond acceptors (Lipinski definition) is 0. The number of hydrogen-bond donors (Lipinski definition) is 0. The van der Waals surface area contributed by atoms with E-state index in [1.165, 1.54) is 25.7 Å². The lowest BCUT2D eigenvalue weighted by Gasteiger charge is -2.21. The molecule has 0 nitrogen and oxygen atoms in total. The average Bonchev–Trinajstić information content (AvgIpc) is 2.01. The Hall–Kier alpha value is 0. The van der Waals surface area contributed by atoms with Gasteiger partial charge < -0.3 is 0 Å². The fourth-order valence-corrected chi connectivity index (χ4v) is 2.54. The molecular formula is C14H30. The highest BCUT2D eigenvalue weighted by molar-refractivity contribution is 4.64. The van der Waals surface area contributed by atoms with Crippen LogP contribution in [0.15, 0.2) is 0 Å². The van der Waals surface area contributed by atoms with E-state index in [2.05, 4.69) is 41.5 Å². The Morgan fingerprint density at radius 2 is 1.07 bits per heavy atom. The van der Waals surface area contributed by atoms with Crippen LogP contribution in [-0.2, 0) is 0 Å². The summed E-state index contributed by atoms with van der Waals surface area (Å²) in [6.45, 7) is 14.2. The summed E-state index contributed by atoms with van der Waals surface area (Å²) in [6.07, 6.45) is 5.56. The zero-order valence-corrected chi connectivity index (χ0v) is 11.1. The van der Waals surface area contributed by atoms with Crippen LogP contribution in [0.4, 0.5) is 0 Å². The van der Waals surface area contributed by atoms with Crippen LogP contribution >= 0.6 is 0 Å². The predicted octanol–water partition coefficient (Wildman–Crippen LogP) is 5.13. The minimum absolute atomic E-state index is 0.862. The molecule has 0 radical (unpaired) electrons. The van der Waals surface area contributed by atoms with Crippen LogP contribution < -0.4 is 0 Å². The van der Waals surface area contributed by atoms with Crippen molar-refractivity contribution < 1.29 is 0 Å². The molecule has 0 saturated heterocycles. The lowest BCUT2D eigenvalue weighted by atomic mass is 9.85. The third-order valence-corrected chi connectivity index (χ3v) is 3.18. The molecule has 0 fully saturated rings. The molecule has 86 valence electrons. The Morgan fingerprint density at radius 1 is 0.643 bits per heavy atom. The van der Waals surface area contributed by atoms with E-state index in [0.717, 1.165) is 23.7 Å². The molecule has 1 unspecified atom stereocenters. The minimum Gasteiger partial charge on any atom is -0.0651 e. The van der Waals surface area contributed by atoms with Crippen molar-refractivity contribution in [1.29, 1.82) is 0 Å². The second-order valence-corrected chi connectivity index (χ2v) is 5.82. The largest absolute Gasteiger partial charge is 0.0651 e. The maximum Gasteiger partial charge on any atom is -0.0438 e. The molecule has 0 rings (SSSR count). The van der Waals surface area contributed by atoms with Crippen molar-refractivity contribution in [2.24, 2.45) is 23.7 Å². The van der Waals surface area contributed by atoms with E-state index in [1.807, 2.05) is 0 Å².